The van der Waals surface area contributed by atoms with Crippen LogP contribution in [0.15, 0.2) is 23.0 Å². The van der Waals surface area contributed by atoms with Gasteiger partial charge in [-0.1, -0.05) is 13.8 Å². The van der Waals surface area contributed by atoms with Crippen molar-refractivity contribution in [2.24, 2.45) is 0 Å². The first kappa shape index (κ1) is 8.43. The standard InChI is InChI=1S/C4H4O2S.C2H6/c5-7(6)3-1-2-4-7;1-2/h1-4H;1-2H3. The molecule has 0 unspecified atom stereocenters. The van der Waals surface area contributed by atoms with Crippen molar-refractivity contribution in [3.05, 3.63) is 23.0 Å². The summed E-state index contributed by atoms with van der Waals surface area (Å²) in [6.45, 7) is 4.00. The van der Waals surface area contributed by atoms with Crippen molar-refractivity contribution in [2.45, 2.75) is 13.8 Å². The molecular formula is C6H10O2S. The van der Waals surface area contributed by atoms with E-state index in [0.29, 0.717) is 0 Å². The molecule has 0 saturated carbocycles. The molecular weight excluding hydrogens is 136 g/mol. The lowest BCUT2D eigenvalue weighted by atomic mass is 10.6. The van der Waals surface area contributed by atoms with Crippen molar-refractivity contribution in [1.82, 2.24) is 0 Å². The van der Waals surface area contributed by atoms with Gasteiger partial charge in [0.1, 0.15) is 0 Å². The summed E-state index contributed by atoms with van der Waals surface area (Å²) in [6, 6.07) is 0. The van der Waals surface area contributed by atoms with Crippen LogP contribution in [0, 0.1) is 0 Å². The van der Waals surface area contributed by atoms with Crippen LogP contribution in [0.2, 0.25) is 0 Å². The lowest BCUT2D eigenvalue weighted by Gasteiger charge is -1.73. The quantitative estimate of drug-likeness (QED) is 0.518. The van der Waals surface area contributed by atoms with Crippen molar-refractivity contribution in [3.8, 4) is 0 Å². The van der Waals surface area contributed by atoms with Crippen LogP contribution in [0.1, 0.15) is 13.8 Å². The van der Waals surface area contributed by atoms with Crippen LogP contribution in [-0.2, 0) is 9.84 Å². The molecule has 0 aromatic rings. The third-order valence-electron chi connectivity index (χ3n) is 0.648. The highest BCUT2D eigenvalue weighted by Crippen LogP contribution is 2.01. The Bertz CT molecular complexity index is 191. The van der Waals surface area contributed by atoms with Crippen LogP contribution >= 0.6 is 0 Å². The molecule has 0 radical (unpaired) electrons. The maximum atomic E-state index is 10.3. The molecule has 0 aromatic carbocycles. The van der Waals surface area contributed by atoms with E-state index < -0.39 is 9.84 Å². The smallest absolute Gasteiger partial charge is 0.193 e. The van der Waals surface area contributed by atoms with Crippen LogP contribution in [0.25, 0.3) is 0 Å². The summed E-state index contributed by atoms with van der Waals surface area (Å²) in [5.74, 6) is 0. The number of hydrogen-bond donors (Lipinski definition) is 0. The van der Waals surface area contributed by atoms with Gasteiger partial charge in [0.2, 0.25) is 0 Å². The summed E-state index contributed by atoms with van der Waals surface area (Å²) in [6.07, 6.45) is 2.99. The molecule has 1 aliphatic rings. The Hall–Kier alpha value is -0.570. The van der Waals surface area contributed by atoms with Crippen molar-refractivity contribution in [3.63, 3.8) is 0 Å². The van der Waals surface area contributed by atoms with E-state index in [9.17, 15) is 8.42 Å². The second kappa shape index (κ2) is 3.45. The first-order valence-electron chi connectivity index (χ1n) is 2.80. The zero-order chi connectivity index (χ0) is 7.33. The predicted molar refractivity (Wildman–Crippen MR) is 38.5 cm³/mol. The van der Waals surface area contributed by atoms with Crippen LogP contribution in [0.3, 0.4) is 0 Å². The third kappa shape index (κ3) is 3.08. The van der Waals surface area contributed by atoms with Crippen LogP contribution < -0.4 is 0 Å². The van der Waals surface area contributed by atoms with E-state index in [-0.39, 0.29) is 0 Å². The van der Waals surface area contributed by atoms with Gasteiger partial charge in [0.05, 0.1) is 0 Å². The highest BCUT2D eigenvalue weighted by atomic mass is 32.2. The van der Waals surface area contributed by atoms with Gasteiger partial charge in [-0.15, -0.1) is 0 Å². The van der Waals surface area contributed by atoms with Gasteiger partial charge in [-0.2, -0.15) is 0 Å². The fourth-order valence-corrected chi connectivity index (χ4v) is 1.07. The molecule has 1 rings (SSSR count). The minimum absolute atomic E-state index is 1.16. The van der Waals surface area contributed by atoms with Crippen molar-refractivity contribution >= 4 is 9.84 Å². The van der Waals surface area contributed by atoms with Gasteiger partial charge in [0, 0.05) is 10.8 Å². The zero-order valence-corrected chi connectivity index (χ0v) is 6.35. The van der Waals surface area contributed by atoms with E-state index in [0.717, 1.165) is 10.8 Å². The molecule has 0 bridgehead atoms. The Labute approximate surface area is 55.8 Å². The summed E-state index contributed by atoms with van der Waals surface area (Å²) in [5, 5.41) is 2.32. The molecule has 0 amide bonds. The molecule has 3 heteroatoms. The SMILES string of the molecule is CC.O=S1(=O)C=CC=C1. The minimum atomic E-state index is -2.91. The van der Waals surface area contributed by atoms with E-state index >= 15 is 0 Å². The van der Waals surface area contributed by atoms with Gasteiger partial charge in [0.15, 0.2) is 9.84 Å². The molecule has 0 aliphatic carbocycles. The normalized spacial score (nSPS) is 18.9. The molecule has 1 aliphatic heterocycles. The second-order valence-electron chi connectivity index (χ2n) is 1.25. The molecule has 52 valence electrons. The Balaban J connectivity index is 0.000000291. The average Bonchev–Trinajstić information content (AvgIpc) is 2.19. The summed E-state index contributed by atoms with van der Waals surface area (Å²) < 4.78 is 20.5. The first-order chi connectivity index (χ1) is 4.21. The fourth-order valence-electron chi connectivity index (χ4n) is 0.355. The van der Waals surface area contributed by atoms with Crippen molar-refractivity contribution in [2.75, 3.05) is 0 Å². The lowest BCUT2D eigenvalue weighted by Crippen LogP contribution is -1.80. The Morgan fingerprint density at radius 2 is 1.33 bits per heavy atom. The van der Waals surface area contributed by atoms with Crippen molar-refractivity contribution < 1.29 is 8.42 Å². The first-order valence-corrected chi connectivity index (χ1v) is 4.41. The molecule has 0 fully saturated rings. The fraction of sp³-hybridized carbons (Fsp3) is 0.333. The molecule has 1 heterocycles. The monoisotopic (exact) mass is 146 g/mol. The third-order valence-corrected chi connectivity index (χ3v) is 1.72. The van der Waals surface area contributed by atoms with Crippen molar-refractivity contribution in [1.29, 1.82) is 0 Å². The number of rotatable bonds is 0. The Morgan fingerprint density at radius 3 is 1.44 bits per heavy atom. The van der Waals surface area contributed by atoms with Gasteiger partial charge >= 0.3 is 0 Å². The Kier molecular flexibility index (Phi) is 3.24. The highest BCUT2D eigenvalue weighted by Gasteiger charge is 2.00. The van der Waals surface area contributed by atoms with Crippen LogP contribution in [-0.4, -0.2) is 8.42 Å². The van der Waals surface area contributed by atoms with E-state index in [2.05, 4.69) is 0 Å². The van der Waals surface area contributed by atoms with Gasteiger partial charge in [-0.25, -0.2) is 8.42 Å². The molecule has 9 heavy (non-hydrogen) atoms. The minimum Gasteiger partial charge on any atom is -0.220 e. The van der Waals surface area contributed by atoms with Gasteiger partial charge < -0.3 is 0 Å². The largest absolute Gasteiger partial charge is 0.220 e. The molecule has 0 N–H and O–H groups in total. The molecule has 0 spiro atoms. The van der Waals surface area contributed by atoms with Gasteiger partial charge in [0.25, 0.3) is 0 Å². The summed E-state index contributed by atoms with van der Waals surface area (Å²) in [5.41, 5.74) is 0. The van der Waals surface area contributed by atoms with Crippen LogP contribution in [0.4, 0.5) is 0 Å². The molecule has 0 saturated heterocycles. The lowest BCUT2D eigenvalue weighted by molar-refractivity contribution is 0.613. The molecule has 2 nitrogen and oxygen atoms in total. The topological polar surface area (TPSA) is 34.1 Å². The molecule has 0 aromatic heterocycles. The van der Waals surface area contributed by atoms with E-state index in [1.54, 1.807) is 0 Å². The molecule has 0 atom stereocenters. The number of hydrogen-bond acceptors (Lipinski definition) is 2. The second-order valence-corrected chi connectivity index (χ2v) is 2.97. The van der Waals surface area contributed by atoms with Crippen LogP contribution in [0.5, 0.6) is 0 Å². The van der Waals surface area contributed by atoms with E-state index in [1.165, 1.54) is 12.2 Å². The number of sulfone groups is 1. The van der Waals surface area contributed by atoms with E-state index in [4.69, 9.17) is 0 Å². The van der Waals surface area contributed by atoms with E-state index in [1.807, 2.05) is 13.8 Å². The van der Waals surface area contributed by atoms with Gasteiger partial charge in [-0.3, -0.25) is 0 Å². The number of allylic oxidation sites excluding steroid dienone is 2. The summed E-state index contributed by atoms with van der Waals surface area (Å²) in [4.78, 5) is 0. The summed E-state index contributed by atoms with van der Waals surface area (Å²) >= 11 is 0. The zero-order valence-electron chi connectivity index (χ0n) is 5.53. The Morgan fingerprint density at radius 1 is 1.00 bits per heavy atom. The predicted octanol–water partition coefficient (Wildman–Crippen LogP) is 1.47. The maximum absolute atomic E-state index is 10.3. The highest BCUT2D eigenvalue weighted by molar-refractivity contribution is 7.97. The summed E-state index contributed by atoms with van der Waals surface area (Å²) in [7, 11) is -2.91. The average molecular weight is 146 g/mol. The maximum Gasteiger partial charge on any atom is 0.193 e. The van der Waals surface area contributed by atoms with Gasteiger partial charge in [-0.05, 0) is 12.2 Å².